The Morgan fingerprint density at radius 2 is 2.27 bits per heavy atom. The van der Waals surface area contributed by atoms with E-state index in [1.807, 2.05) is 0 Å². The molecule has 80 valence electrons. The quantitative estimate of drug-likeness (QED) is 0.282. The Labute approximate surface area is 87.6 Å². The van der Waals surface area contributed by atoms with E-state index in [4.69, 9.17) is 5.84 Å². The molecule has 0 heterocycles. The van der Waals surface area contributed by atoms with E-state index >= 15 is 0 Å². The van der Waals surface area contributed by atoms with Crippen molar-refractivity contribution in [2.24, 2.45) is 5.84 Å². The van der Waals surface area contributed by atoms with Crippen molar-refractivity contribution in [1.29, 1.82) is 0 Å². The second-order valence-corrected chi connectivity index (χ2v) is 2.93. The fourth-order valence-electron chi connectivity index (χ4n) is 1.42. The highest BCUT2D eigenvalue weighted by Crippen LogP contribution is 2.20. The first-order chi connectivity index (χ1) is 7.24. The van der Waals surface area contributed by atoms with Crippen LogP contribution in [0.5, 0.6) is 0 Å². The number of hydrogen-bond acceptors (Lipinski definition) is 4. The van der Waals surface area contributed by atoms with Gasteiger partial charge in [0.1, 0.15) is 6.29 Å². The molecular formula is C10H13N3O2. The fraction of sp³-hybridized carbons (Fsp3) is 0.200. The lowest BCUT2D eigenvalue weighted by Gasteiger charge is -2.11. The number of amides is 1. The smallest absolute Gasteiger partial charge is 0.267 e. The lowest BCUT2D eigenvalue weighted by Crippen LogP contribution is -2.30. The highest BCUT2D eigenvalue weighted by atomic mass is 16.2. The van der Waals surface area contributed by atoms with Gasteiger partial charge in [-0.15, -0.1) is 0 Å². The summed E-state index contributed by atoms with van der Waals surface area (Å²) >= 11 is 0. The van der Waals surface area contributed by atoms with Crippen LogP contribution in [0.1, 0.15) is 15.9 Å². The molecule has 0 atom stereocenters. The third-order valence-corrected chi connectivity index (χ3v) is 2.08. The zero-order valence-electron chi connectivity index (χ0n) is 8.41. The predicted molar refractivity (Wildman–Crippen MR) is 57.4 cm³/mol. The molecule has 0 aromatic heterocycles. The summed E-state index contributed by atoms with van der Waals surface area (Å²) in [5.74, 6) is 4.67. The molecule has 0 bridgehead atoms. The van der Waals surface area contributed by atoms with Crippen molar-refractivity contribution >= 4 is 17.9 Å². The Hall–Kier alpha value is -1.88. The number of aldehydes is 1. The zero-order chi connectivity index (χ0) is 11.3. The molecule has 0 fully saturated rings. The van der Waals surface area contributed by atoms with Crippen LogP contribution in [0.2, 0.25) is 0 Å². The average molecular weight is 207 g/mol. The number of nitrogens with two attached hydrogens (primary N) is 1. The summed E-state index contributed by atoms with van der Waals surface area (Å²) in [7, 11) is 1.69. The topological polar surface area (TPSA) is 84.2 Å². The normalized spacial score (nSPS) is 9.47. The standard InChI is InChI=1S/C10H13N3O2/c1-12-9-7(5-6-14)3-2-4-8(9)10(15)13-11/h2-4,6,12H,5,11H2,1H3,(H,13,15). The molecule has 4 N–H and O–H groups in total. The van der Waals surface area contributed by atoms with Gasteiger partial charge < -0.3 is 10.1 Å². The van der Waals surface area contributed by atoms with E-state index < -0.39 is 0 Å². The van der Waals surface area contributed by atoms with Crippen LogP contribution in [0.3, 0.4) is 0 Å². The summed E-state index contributed by atoms with van der Waals surface area (Å²) < 4.78 is 0. The number of rotatable bonds is 4. The number of para-hydroxylation sites is 1. The summed E-state index contributed by atoms with van der Waals surface area (Å²) in [6, 6.07) is 5.14. The lowest BCUT2D eigenvalue weighted by molar-refractivity contribution is -0.107. The van der Waals surface area contributed by atoms with Gasteiger partial charge in [-0.05, 0) is 11.6 Å². The molecule has 0 radical (unpaired) electrons. The molecular weight excluding hydrogens is 194 g/mol. The first-order valence-electron chi connectivity index (χ1n) is 4.48. The second kappa shape index (κ2) is 5.11. The van der Waals surface area contributed by atoms with Crippen LogP contribution < -0.4 is 16.6 Å². The van der Waals surface area contributed by atoms with E-state index in [2.05, 4.69) is 10.7 Å². The summed E-state index contributed by atoms with van der Waals surface area (Å²) in [5.41, 5.74) is 3.89. The number of hydrazine groups is 1. The SMILES string of the molecule is CNc1c(CC=O)cccc1C(=O)NN. The Morgan fingerprint density at radius 1 is 1.53 bits per heavy atom. The van der Waals surface area contributed by atoms with Crippen LogP contribution in [0.25, 0.3) is 0 Å². The van der Waals surface area contributed by atoms with Crippen molar-refractivity contribution in [1.82, 2.24) is 5.43 Å². The van der Waals surface area contributed by atoms with E-state index in [9.17, 15) is 9.59 Å². The zero-order valence-corrected chi connectivity index (χ0v) is 8.41. The van der Waals surface area contributed by atoms with Crippen molar-refractivity contribution in [3.8, 4) is 0 Å². The number of nitrogens with one attached hydrogen (secondary N) is 2. The van der Waals surface area contributed by atoms with Crippen molar-refractivity contribution in [2.75, 3.05) is 12.4 Å². The summed E-state index contributed by atoms with van der Waals surface area (Å²) in [5, 5.41) is 2.89. The molecule has 0 unspecified atom stereocenters. The van der Waals surface area contributed by atoms with Crippen molar-refractivity contribution < 1.29 is 9.59 Å². The molecule has 1 rings (SSSR count). The van der Waals surface area contributed by atoms with Gasteiger partial charge in [-0.1, -0.05) is 12.1 Å². The number of nitrogen functional groups attached to an aromatic ring is 1. The Balaban J connectivity index is 3.21. The molecule has 1 aromatic rings. The van der Waals surface area contributed by atoms with Crippen molar-refractivity contribution in [2.45, 2.75) is 6.42 Å². The van der Waals surface area contributed by atoms with Crippen molar-refractivity contribution in [3.63, 3.8) is 0 Å². The van der Waals surface area contributed by atoms with Crippen LogP contribution in [-0.2, 0) is 11.2 Å². The maximum Gasteiger partial charge on any atom is 0.267 e. The van der Waals surface area contributed by atoms with E-state index in [-0.39, 0.29) is 12.3 Å². The summed E-state index contributed by atoms with van der Waals surface area (Å²) in [6.45, 7) is 0. The minimum atomic E-state index is -0.382. The molecule has 1 amide bonds. The van der Waals surface area contributed by atoms with Crippen LogP contribution in [0.15, 0.2) is 18.2 Å². The number of hydrogen-bond donors (Lipinski definition) is 3. The Bertz CT molecular complexity index is 377. The largest absolute Gasteiger partial charge is 0.387 e. The molecule has 5 heteroatoms. The van der Waals surface area contributed by atoms with Gasteiger partial charge in [0.2, 0.25) is 0 Å². The third-order valence-electron chi connectivity index (χ3n) is 2.08. The van der Waals surface area contributed by atoms with Gasteiger partial charge >= 0.3 is 0 Å². The van der Waals surface area contributed by atoms with Crippen LogP contribution >= 0.6 is 0 Å². The van der Waals surface area contributed by atoms with Gasteiger partial charge in [0.05, 0.1) is 11.3 Å². The van der Waals surface area contributed by atoms with E-state index in [1.165, 1.54) is 0 Å². The third kappa shape index (κ3) is 2.32. The van der Waals surface area contributed by atoms with Gasteiger partial charge in [0, 0.05) is 13.5 Å². The van der Waals surface area contributed by atoms with Crippen molar-refractivity contribution in [3.05, 3.63) is 29.3 Å². The molecule has 0 aliphatic carbocycles. The molecule has 5 nitrogen and oxygen atoms in total. The first-order valence-corrected chi connectivity index (χ1v) is 4.48. The van der Waals surface area contributed by atoms with E-state index in [0.29, 0.717) is 11.3 Å². The molecule has 15 heavy (non-hydrogen) atoms. The van der Waals surface area contributed by atoms with Gasteiger partial charge in [0.25, 0.3) is 5.91 Å². The van der Waals surface area contributed by atoms with Crippen LogP contribution in [0.4, 0.5) is 5.69 Å². The van der Waals surface area contributed by atoms with Gasteiger partial charge in [-0.25, -0.2) is 5.84 Å². The highest BCUT2D eigenvalue weighted by molar-refractivity contribution is 6.00. The Morgan fingerprint density at radius 3 is 2.80 bits per heavy atom. The van der Waals surface area contributed by atoms with Gasteiger partial charge in [-0.2, -0.15) is 0 Å². The first kappa shape index (κ1) is 11.2. The average Bonchev–Trinajstić information content (AvgIpc) is 2.28. The van der Waals surface area contributed by atoms with Crippen LogP contribution in [0, 0.1) is 0 Å². The molecule has 0 spiro atoms. The maximum absolute atomic E-state index is 11.4. The summed E-state index contributed by atoms with van der Waals surface area (Å²) in [4.78, 5) is 21.8. The Kier molecular flexibility index (Phi) is 3.82. The fourth-order valence-corrected chi connectivity index (χ4v) is 1.42. The molecule has 0 aliphatic rings. The monoisotopic (exact) mass is 207 g/mol. The maximum atomic E-state index is 11.4. The van der Waals surface area contributed by atoms with Gasteiger partial charge in [-0.3, -0.25) is 10.2 Å². The number of anilines is 1. The minimum absolute atomic E-state index is 0.266. The van der Waals surface area contributed by atoms with Gasteiger partial charge in [0.15, 0.2) is 0 Å². The number of benzene rings is 1. The van der Waals surface area contributed by atoms with Crippen LogP contribution in [-0.4, -0.2) is 19.2 Å². The molecule has 0 saturated heterocycles. The molecule has 0 saturated carbocycles. The number of carbonyl (C=O) groups excluding carboxylic acids is 2. The van der Waals surface area contributed by atoms with E-state index in [1.54, 1.807) is 25.2 Å². The highest BCUT2D eigenvalue weighted by Gasteiger charge is 2.12. The lowest BCUT2D eigenvalue weighted by atomic mass is 10.0. The molecule has 1 aromatic carbocycles. The predicted octanol–water partition coefficient (Wildman–Crippen LogP) is 0.0732. The molecule has 0 aliphatic heterocycles. The van der Waals surface area contributed by atoms with E-state index in [0.717, 1.165) is 11.8 Å². The minimum Gasteiger partial charge on any atom is -0.387 e. The second-order valence-electron chi connectivity index (χ2n) is 2.93. The summed E-state index contributed by atoms with van der Waals surface area (Å²) in [6.07, 6.45) is 1.06. The number of carbonyl (C=O) groups is 2.